The predicted molar refractivity (Wildman–Crippen MR) is 80.4 cm³/mol. The number of hydrogen-bond donors (Lipinski definition) is 0. The van der Waals surface area contributed by atoms with E-state index in [1.165, 1.54) is 12.1 Å². The van der Waals surface area contributed by atoms with Gasteiger partial charge in [0, 0.05) is 51.0 Å². The van der Waals surface area contributed by atoms with Crippen molar-refractivity contribution in [3.8, 4) is 0 Å². The van der Waals surface area contributed by atoms with Crippen LogP contribution in [0.2, 0.25) is 0 Å². The maximum absolute atomic E-state index is 12.2. The van der Waals surface area contributed by atoms with Gasteiger partial charge in [0.1, 0.15) is 0 Å². The van der Waals surface area contributed by atoms with Gasteiger partial charge in [0.05, 0.1) is 11.5 Å². The largest absolute Gasteiger partial charge is 0.314 e. The minimum atomic E-state index is -0.449. The van der Waals surface area contributed by atoms with E-state index in [4.69, 9.17) is 0 Å². The van der Waals surface area contributed by atoms with E-state index in [9.17, 15) is 14.9 Å². The summed E-state index contributed by atoms with van der Waals surface area (Å²) in [5.41, 5.74) is 0.693. The van der Waals surface area contributed by atoms with E-state index in [0.29, 0.717) is 12.2 Å². The van der Waals surface area contributed by atoms with E-state index in [1.807, 2.05) is 0 Å². The molecule has 0 unspecified atom stereocenters. The molecule has 0 atom stereocenters. The van der Waals surface area contributed by atoms with Crippen LogP contribution < -0.4 is 4.90 Å². The summed E-state index contributed by atoms with van der Waals surface area (Å²) in [7, 11) is 3.77. The minimum Gasteiger partial charge on any atom is -0.314 e. The molecule has 1 aromatic carbocycles. The molecule has 1 fully saturated rings. The minimum absolute atomic E-state index is 0.00611. The van der Waals surface area contributed by atoms with Crippen LogP contribution in [-0.2, 0) is 4.79 Å². The lowest BCUT2D eigenvalue weighted by atomic mass is 10.2. The van der Waals surface area contributed by atoms with Crippen LogP contribution in [0.15, 0.2) is 24.3 Å². The Morgan fingerprint density at radius 3 is 2.33 bits per heavy atom. The normalized spacial score (nSPS) is 16.7. The average Bonchev–Trinajstić information content (AvgIpc) is 2.49. The first-order chi connectivity index (χ1) is 9.97. The molecule has 1 aromatic rings. The SMILES string of the molecule is CN1CCN(CC(=O)N(C)c2ccc([N+](=O)[O-])cc2)CC1. The molecular weight excluding hydrogens is 272 g/mol. The van der Waals surface area contributed by atoms with Crippen molar-refractivity contribution in [3.05, 3.63) is 34.4 Å². The number of carbonyl (C=O) groups is 1. The third-order valence-electron chi connectivity index (χ3n) is 3.78. The van der Waals surface area contributed by atoms with Gasteiger partial charge in [-0.3, -0.25) is 19.8 Å². The van der Waals surface area contributed by atoms with Gasteiger partial charge in [-0.2, -0.15) is 0 Å². The number of carbonyl (C=O) groups excluding carboxylic acids is 1. The lowest BCUT2D eigenvalue weighted by molar-refractivity contribution is -0.384. The van der Waals surface area contributed by atoms with Gasteiger partial charge in [-0.15, -0.1) is 0 Å². The zero-order chi connectivity index (χ0) is 15.4. The third kappa shape index (κ3) is 3.99. The molecule has 1 saturated heterocycles. The molecule has 114 valence electrons. The summed E-state index contributed by atoms with van der Waals surface area (Å²) in [6.07, 6.45) is 0. The van der Waals surface area contributed by atoms with Crippen molar-refractivity contribution in [2.24, 2.45) is 0 Å². The highest BCUT2D eigenvalue weighted by Gasteiger charge is 2.19. The smallest absolute Gasteiger partial charge is 0.269 e. The molecule has 0 aromatic heterocycles. The topological polar surface area (TPSA) is 69.9 Å². The fourth-order valence-electron chi connectivity index (χ4n) is 2.25. The predicted octanol–water partition coefficient (Wildman–Crippen LogP) is 0.805. The lowest BCUT2D eigenvalue weighted by Gasteiger charge is -2.32. The number of non-ortho nitro benzene ring substituents is 1. The second-order valence-corrected chi connectivity index (χ2v) is 5.31. The Morgan fingerprint density at radius 1 is 1.24 bits per heavy atom. The molecular formula is C14H20N4O3. The van der Waals surface area contributed by atoms with E-state index in [1.54, 1.807) is 24.1 Å². The van der Waals surface area contributed by atoms with Crippen molar-refractivity contribution in [2.45, 2.75) is 0 Å². The Bertz CT molecular complexity index is 509. The number of nitrogens with zero attached hydrogens (tertiary/aromatic N) is 4. The van der Waals surface area contributed by atoms with Crippen molar-refractivity contribution in [1.29, 1.82) is 0 Å². The number of benzene rings is 1. The van der Waals surface area contributed by atoms with Crippen molar-refractivity contribution in [2.75, 3.05) is 51.7 Å². The van der Waals surface area contributed by atoms with Crippen molar-refractivity contribution >= 4 is 17.3 Å². The van der Waals surface area contributed by atoms with Gasteiger partial charge >= 0.3 is 0 Å². The van der Waals surface area contributed by atoms with Crippen LogP contribution in [-0.4, -0.2) is 67.4 Å². The summed E-state index contributed by atoms with van der Waals surface area (Å²) in [5.74, 6) is -0.00611. The highest BCUT2D eigenvalue weighted by atomic mass is 16.6. The molecule has 21 heavy (non-hydrogen) atoms. The van der Waals surface area contributed by atoms with E-state index in [-0.39, 0.29) is 11.6 Å². The van der Waals surface area contributed by atoms with Gasteiger partial charge in [0.2, 0.25) is 5.91 Å². The number of anilines is 1. The van der Waals surface area contributed by atoms with Crippen LogP contribution in [0.1, 0.15) is 0 Å². The zero-order valence-electron chi connectivity index (χ0n) is 12.4. The number of amides is 1. The number of nitro groups is 1. The zero-order valence-corrected chi connectivity index (χ0v) is 12.4. The number of hydrogen-bond acceptors (Lipinski definition) is 5. The second kappa shape index (κ2) is 6.64. The van der Waals surface area contributed by atoms with Crippen LogP contribution in [0.25, 0.3) is 0 Å². The summed E-state index contributed by atoms with van der Waals surface area (Å²) in [6, 6.07) is 6.02. The number of likely N-dealkylation sites (N-methyl/N-ethyl adjacent to an activating group) is 2. The molecule has 0 aliphatic carbocycles. The molecule has 0 N–H and O–H groups in total. The van der Waals surface area contributed by atoms with Crippen LogP contribution >= 0.6 is 0 Å². The van der Waals surface area contributed by atoms with Gasteiger partial charge in [0.25, 0.3) is 5.69 Å². The third-order valence-corrected chi connectivity index (χ3v) is 3.78. The first-order valence-corrected chi connectivity index (χ1v) is 6.89. The Hall–Kier alpha value is -1.99. The van der Waals surface area contributed by atoms with E-state index < -0.39 is 4.92 Å². The van der Waals surface area contributed by atoms with Crippen LogP contribution in [0.5, 0.6) is 0 Å². The van der Waals surface area contributed by atoms with Gasteiger partial charge in [-0.1, -0.05) is 0 Å². The van der Waals surface area contributed by atoms with Gasteiger partial charge in [-0.05, 0) is 19.2 Å². The fourth-order valence-corrected chi connectivity index (χ4v) is 2.25. The molecule has 1 heterocycles. The molecule has 1 aliphatic heterocycles. The fraction of sp³-hybridized carbons (Fsp3) is 0.500. The van der Waals surface area contributed by atoms with Gasteiger partial charge < -0.3 is 9.80 Å². The molecule has 7 nitrogen and oxygen atoms in total. The second-order valence-electron chi connectivity index (χ2n) is 5.31. The van der Waals surface area contributed by atoms with Crippen molar-refractivity contribution < 1.29 is 9.72 Å². The number of piperazine rings is 1. The standard InChI is InChI=1S/C14H20N4O3/c1-15-7-9-17(10-8-15)11-14(19)16(2)12-3-5-13(6-4-12)18(20)21/h3-6H,7-11H2,1-2H3. The molecule has 1 aliphatic rings. The summed E-state index contributed by atoms with van der Waals surface area (Å²) in [6.45, 7) is 4.08. The number of nitro benzene ring substituents is 1. The number of rotatable bonds is 4. The van der Waals surface area contributed by atoms with E-state index >= 15 is 0 Å². The van der Waals surface area contributed by atoms with Gasteiger partial charge in [0.15, 0.2) is 0 Å². The van der Waals surface area contributed by atoms with Crippen LogP contribution in [0, 0.1) is 10.1 Å². The highest BCUT2D eigenvalue weighted by molar-refractivity contribution is 5.94. The van der Waals surface area contributed by atoms with Crippen LogP contribution in [0.3, 0.4) is 0 Å². The first kappa shape index (κ1) is 15.4. The Morgan fingerprint density at radius 2 is 1.81 bits per heavy atom. The molecule has 7 heteroatoms. The maximum Gasteiger partial charge on any atom is 0.269 e. The summed E-state index contributed by atoms with van der Waals surface area (Å²) in [4.78, 5) is 28.3. The summed E-state index contributed by atoms with van der Waals surface area (Å²) >= 11 is 0. The van der Waals surface area contributed by atoms with Gasteiger partial charge in [-0.25, -0.2) is 0 Å². The van der Waals surface area contributed by atoms with E-state index in [2.05, 4.69) is 16.8 Å². The van der Waals surface area contributed by atoms with Crippen LogP contribution in [0.4, 0.5) is 11.4 Å². The highest BCUT2D eigenvalue weighted by Crippen LogP contribution is 2.18. The average molecular weight is 292 g/mol. The molecule has 0 bridgehead atoms. The Balaban J connectivity index is 1.94. The molecule has 0 saturated carbocycles. The summed E-state index contributed by atoms with van der Waals surface area (Å²) in [5, 5.41) is 10.6. The Kier molecular flexibility index (Phi) is 4.87. The van der Waals surface area contributed by atoms with Crippen molar-refractivity contribution in [1.82, 2.24) is 9.80 Å². The molecule has 2 rings (SSSR count). The summed E-state index contributed by atoms with van der Waals surface area (Å²) < 4.78 is 0. The van der Waals surface area contributed by atoms with E-state index in [0.717, 1.165) is 26.2 Å². The van der Waals surface area contributed by atoms with Crippen molar-refractivity contribution in [3.63, 3.8) is 0 Å². The molecule has 0 spiro atoms. The molecule has 1 amide bonds. The maximum atomic E-state index is 12.2. The lowest BCUT2D eigenvalue weighted by Crippen LogP contribution is -2.48. The Labute approximate surface area is 123 Å². The molecule has 0 radical (unpaired) electrons. The quantitative estimate of drug-likeness (QED) is 0.606. The monoisotopic (exact) mass is 292 g/mol. The first-order valence-electron chi connectivity index (χ1n) is 6.89.